The van der Waals surface area contributed by atoms with E-state index in [0.29, 0.717) is 11.4 Å². The summed E-state index contributed by atoms with van der Waals surface area (Å²) in [5.74, 6) is 0.161. The predicted molar refractivity (Wildman–Crippen MR) is 81.8 cm³/mol. The van der Waals surface area contributed by atoms with E-state index in [-0.39, 0.29) is 11.5 Å². The van der Waals surface area contributed by atoms with Crippen LogP contribution in [0.1, 0.15) is 0 Å². The number of phenols is 2. The van der Waals surface area contributed by atoms with Gasteiger partial charge in [-0.2, -0.15) is 0 Å². The fourth-order valence-corrected chi connectivity index (χ4v) is 5.26. The van der Waals surface area contributed by atoms with Crippen LogP contribution >= 0.6 is 0 Å². The van der Waals surface area contributed by atoms with Crippen LogP contribution in [-0.4, -0.2) is 18.3 Å². The van der Waals surface area contributed by atoms with E-state index in [2.05, 4.69) is 13.1 Å². The van der Waals surface area contributed by atoms with Crippen molar-refractivity contribution in [2.24, 2.45) is 0 Å². The number of phenolic OH excluding ortho intramolecular Hbond substituents is 2. The van der Waals surface area contributed by atoms with Crippen LogP contribution in [0.15, 0.2) is 36.4 Å². The first-order valence-corrected chi connectivity index (χ1v) is 9.01. The predicted octanol–water partition coefficient (Wildman–Crippen LogP) is 1.08. The van der Waals surface area contributed by atoms with Crippen molar-refractivity contribution in [3.05, 3.63) is 36.4 Å². The second kappa shape index (κ2) is 4.51. The lowest BCUT2D eigenvalue weighted by Crippen LogP contribution is -2.54. The molecule has 2 aromatic rings. The first-order valence-electron chi connectivity index (χ1n) is 6.01. The van der Waals surface area contributed by atoms with Crippen LogP contribution in [0.25, 0.3) is 0 Å². The molecule has 0 fully saturated rings. The second-order valence-electron chi connectivity index (χ2n) is 5.10. The Hall–Kier alpha value is -2.14. The highest BCUT2D eigenvalue weighted by molar-refractivity contribution is 7.02. The number of benzene rings is 2. The third kappa shape index (κ3) is 2.12. The molecule has 0 amide bonds. The van der Waals surface area contributed by atoms with Gasteiger partial charge < -0.3 is 21.7 Å². The zero-order valence-corrected chi connectivity index (χ0v) is 12.0. The third-order valence-electron chi connectivity index (χ3n) is 3.51. The van der Waals surface area contributed by atoms with Gasteiger partial charge in [0.15, 0.2) is 0 Å². The van der Waals surface area contributed by atoms with E-state index in [1.54, 1.807) is 24.3 Å². The molecule has 0 aliphatic rings. The van der Waals surface area contributed by atoms with Crippen LogP contribution in [0.5, 0.6) is 11.5 Å². The Balaban J connectivity index is 2.65. The van der Waals surface area contributed by atoms with Gasteiger partial charge in [0.25, 0.3) is 0 Å². The molecule has 0 aromatic heterocycles. The highest BCUT2D eigenvalue weighted by atomic mass is 28.3. The summed E-state index contributed by atoms with van der Waals surface area (Å²) in [6.45, 7) is 4.17. The molecule has 0 atom stereocenters. The maximum absolute atomic E-state index is 9.75. The number of nitrogen functional groups attached to an aromatic ring is 2. The van der Waals surface area contributed by atoms with Gasteiger partial charge in [-0.25, -0.2) is 0 Å². The summed E-state index contributed by atoms with van der Waals surface area (Å²) in [6, 6.07) is 10.5. The number of aromatic hydroxyl groups is 2. The average molecular weight is 274 g/mol. The molecule has 19 heavy (non-hydrogen) atoms. The number of rotatable bonds is 2. The molecule has 0 saturated carbocycles. The van der Waals surface area contributed by atoms with E-state index in [0.717, 1.165) is 10.4 Å². The van der Waals surface area contributed by atoms with Gasteiger partial charge in [-0.1, -0.05) is 37.4 Å². The molecule has 0 saturated heterocycles. The zero-order chi connectivity index (χ0) is 14.2. The zero-order valence-electron chi connectivity index (χ0n) is 11.0. The number of anilines is 2. The molecule has 0 aliphatic heterocycles. The fourth-order valence-electron chi connectivity index (χ4n) is 2.34. The molecule has 0 aliphatic carbocycles. The van der Waals surface area contributed by atoms with E-state index in [1.165, 1.54) is 0 Å². The Kier molecular flexibility index (Phi) is 3.16. The van der Waals surface area contributed by atoms with Gasteiger partial charge in [-0.05, 0) is 22.5 Å². The SMILES string of the molecule is C[Si](C)(c1cccc(O)c1N)c1cccc(O)c1N. The summed E-state index contributed by atoms with van der Waals surface area (Å²) >= 11 is 0. The smallest absolute Gasteiger partial charge is 0.138 e. The van der Waals surface area contributed by atoms with Gasteiger partial charge in [-0.3, -0.25) is 0 Å². The molecule has 2 rings (SSSR count). The molecule has 0 unspecified atom stereocenters. The van der Waals surface area contributed by atoms with E-state index in [4.69, 9.17) is 11.5 Å². The summed E-state index contributed by atoms with van der Waals surface area (Å²) in [6.07, 6.45) is 0. The lowest BCUT2D eigenvalue weighted by atomic mass is 10.3. The molecule has 0 spiro atoms. The third-order valence-corrected chi connectivity index (χ3v) is 7.08. The van der Waals surface area contributed by atoms with Crippen LogP contribution in [-0.2, 0) is 0 Å². The van der Waals surface area contributed by atoms with E-state index >= 15 is 0 Å². The van der Waals surface area contributed by atoms with Crippen molar-refractivity contribution in [1.82, 2.24) is 0 Å². The van der Waals surface area contributed by atoms with Gasteiger partial charge in [0.1, 0.15) is 19.6 Å². The topological polar surface area (TPSA) is 92.5 Å². The summed E-state index contributed by atoms with van der Waals surface area (Å²) in [5, 5.41) is 21.3. The molecule has 0 radical (unpaired) electrons. The van der Waals surface area contributed by atoms with Crippen LogP contribution in [0.4, 0.5) is 11.4 Å². The Morgan fingerprint density at radius 1 is 0.789 bits per heavy atom. The molecular formula is C14H18N2O2Si. The van der Waals surface area contributed by atoms with Crippen molar-refractivity contribution in [2.75, 3.05) is 11.5 Å². The molecule has 4 nitrogen and oxygen atoms in total. The molecular weight excluding hydrogens is 256 g/mol. The highest BCUT2D eigenvalue weighted by Crippen LogP contribution is 2.24. The Morgan fingerprint density at radius 2 is 1.16 bits per heavy atom. The van der Waals surface area contributed by atoms with E-state index in [9.17, 15) is 10.2 Å². The van der Waals surface area contributed by atoms with Crippen molar-refractivity contribution in [3.63, 3.8) is 0 Å². The van der Waals surface area contributed by atoms with E-state index in [1.807, 2.05) is 12.1 Å². The minimum Gasteiger partial charge on any atom is -0.506 e. The van der Waals surface area contributed by atoms with Crippen LogP contribution in [0.3, 0.4) is 0 Å². The maximum atomic E-state index is 9.75. The lowest BCUT2D eigenvalue weighted by molar-refractivity contribution is 0.478. The first kappa shape index (κ1) is 13.3. The first-order chi connectivity index (χ1) is 8.85. The van der Waals surface area contributed by atoms with Gasteiger partial charge in [0.05, 0.1) is 11.4 Å². The van der Waals surface area contributed by atoms with Gasteiger partial charge >= 0.3 is 0 Å². The molecule has 5 heteroatoms. The summed E-state index contributed by atoms with van der Waals surface area (Å²) in [4.78, 5) is 0. The number of para-hydroxylation sites is 2. The van der Waals surface area contributed by atoms with Crippen molar-refractivity contribution < 1.29 is 10.2 Å². The number of hydrogen-bond donors (Lipinski definition) is 4. The average Bonchev–Trinajstić information content (AvgIpc) is 2.35. The van der Waals surface area contributed by atoms with Crippen molar-refractivity contribution in [2.45, 2.75) is 13.1 Å². The van der Waals surface area contributed by atoms with Gasteiger partial charge in [0, 0.05) is 0 Å². The van der Waals surface area contributed by atoms with E-state index < -0.39 is 8.07 Å². The minimum absolute atomic E-state index is 0.0804. The monoisotopic (exact) mass is 274 g/mol. The number of nitrogens with two attached hydrogens (primary N) is 2. The molecule has 2 aromatic carbocycles. The largest absolute Gasteiger partial charge is 0.506 e. The minimum atomic E-state index is -2.18. The number of hydrogen-bond acceptors (Lipinski definition) is 4. The van der Waals surface area contributed by atoms with Crippen molar-refractivity contribution in [3.8, 4) is 11.5 Å². The molecule has 6 N–H and O–H groups in total. The second-order valence-corrected chi connectivity index (χ2v) is 9.43. The molecule has 100 valence electrons. The fraction of sp³-hybridized carbons (Fsp3) is 0.143. The highest BCUT2D eigenvalue weighted by Gasteiger charge is 2.31. The standard InChI is InChI=1S/C14H18N2O2Si/c1-19(2,11-7-3-5-9(17)13(11)15)12-8-4-6-10(18)14(12)16/h3-8,17-18H,15-16H2,1-2H3. The van der Waals surface area contributed by atoms with Gasteiger partial charge in [0.2, 0.25) is 0 Å². The lowest BCUT2D eigenvalue weighted by Gasteiger charge is -2.27. The van der Waals surface area contributed by atoms with Crippen molar-refractivity contribution >= 4 is 29.8 Å². The Bertz CT molecular complexity index is 573. The molecule has 0 bridgehead atoms. The van der Waals surface area contributed by atoms with Crippen LogP contribution < -0.4 is 21.8 Å². The Labute approximate surface area is 113 Å². The maximum Gasteiger partial charge on any atom is 0.138 e. The van der Waals surface area contributed by atoms with Crippen LogP contribution in [0, 0.1) is 0 Å². The quantitative estimate of drug-likeness (QED) is 0.375. The van der Waals surface area contributed by atoms with Gasteiger partial charge in [-0.15, -0.1) is 0 Å². The molecule has 0 heterocycles. The van der Waals surface area contributed by atoms with Crippen LogP contribution in [0.2, 0.25) is 13.1 Å². The summed E-state index contributed by atoms with van der Waals surface area (Å²) in [7, 11) is -2.18. The summed E-state index contributed by atoms with van der Waals surface area (Å²) < 4.78 is 0. The normalized spacial score (nSPS) is 11.5. The Morgan fingerprint density at radius 3 is 1.53 bits per heavy atom. The summed E-state index contributed by atoms with van der Waals surface area (Å²) in [5.41, 5.74) is 12.7. The van der Waals surface area contributed by atoms with Crippen molar-refractivity contribution in [1.29, 1.82) is 0 Å².